The standard InChI is InChI=1S/C21H16N4O8/c26-19(10-4-2-1-3-5-10)17-15-14-9-32-21(33-14)18(16(15)17)22-23-20(27)11-6-12(24(28)29)8-13(7-11)25(30)31/h1-8,14-17,21H,9H2,(H,23,27). The summed E-state index contributed by atoms with van der Waals surface area (Å²) in [6.07, 6.45) is -1.06. The van der Waals surface area contributed by atoms with E-state index in [1.165, 1.54) is 0 Å². The second-order valence-electron chi connectivity index (χ2n) is 7.93. The van der Waals surface area contributed by atoms with Crippen LogP contribution in [-0.4, -0.2) is 46.2 Å². The van der Waals surface area contributed by atoms with Crippen LogP contribution in [0.5, 0.6) is 0 Å². The normalized spacial score (nSPS) is 28.1. The van der Waals surface area contributed by atoms with Crippen LogP contribution in [0.25, 0.3) is 0 Å². The molecule has 3 fully saturated rings. The SMILES string of the molecule is O=C(NN=C1C2OCC(O2)C2C(C(=O)c3ccccc3)C12)c1cc([N+](=O)[O-])cc([N+](=O)[O-])c1. The van der Waals surface area contributed by atoms with E-state index in [0.29, 0.717) is 17.9 Å². The quantitative estimate of drug-likeness (QED) is 0.395. The molecular formula is C21H16N4O8. The van der Waals surface area contributed by atoms with Gasteiger partial charge in [-0.1, -0.05) is 30.3 Å². The molecule has 12 heteroatoms. The molecule has 0 radical (unpaired) electrons. The number of nitro groups is 2. The molecule has 1 saturated carbocycles. The summed E-state index contributed by atoms with van der Waals surface area (Å²) < 4.78 is 11.4. The van der Waals surface area contributed by atoms with Gasteiger partial charge in [0.15, 0.2) is 12.1 Å². The number of non-ortho nitro benzene ring substituents is 2. The van der Waals surface area contributed by atoms with Crippen molar-refractivity contribution in [3.63, 3.8) is 0 Å². The Morgan fingerprint density at radius 3 is 2.30 bits per heavy atom. The first kappa shape index (κ1) is 20.8. The first-order valence-corrected chi connectivity index (χ1v) is 10.0. The van der Waals surface area contributed by atoms with Crippen molar-refractivity contribution in [3.8, 4) is 0 Å². The number of ketones is 1. The van der Waals surface area contributed by atoms with Gasteiger partial charge in [0.1, 0.15) is 0 Å². The Labute approximate surface area is 185 Å². The van der Waals surface area contributed by atoms with Crippen molar-refractivity contribution in [3.05, 3.63) is 79.9 Å². The summed E-state index contributed by atoms with van der Waals surface area (Å²) in [4.78, 5) is 46.1. The lowest BCUT2D eigenvalue weighted by Gasteiger charge is -2.18. The predicted molar refractivity (Wildman–Crippen MR) is 111 cm³/mol. The lowest BCUT2D eigenvalue weighted by molar-refractivity contribution is -0.394. The molecule has 2 saturated heterocycles. The number of hydrogen-bond acceptors (Lipinski definition) is 9. The minimum absolute atomic E-state index is 0.0462. The summed E-state index contributed by atoms with van der Waals surface area (Å²) in [5.41, 5.74) is 1.69. The number of nitrogens with zero attached hydrogens (tertiary/aromatic N) is 3. The smallest absolute Gasteiger partial charge is 0.277 e. The molecule has 5 unspecified atom stereocenters. The number of carbonyl (C=O) groups excluding carboxylic acids is 2. The van der Waals surface area contributed by atoms with Crippen molar-refractivity contribution < 1.29 is 28.9 Å². The summed E-state index contributed by atoms with van der Waals surface area (Å²) in [6, 6.07) is 11.4. The van der Waals surface area contributed by atoms with E-state index in [2.05, 4.69) is 10.5 Å². The average Bonchev–Trinajstić information content (AvgIpc) is 3.42. The van der Waals surface area contributed by atoms with Gasteiger partial charge < -0.3 is 9.47 Å². The van der Waals surface area contributed by atoms with Crippen molar-refractivity contribution in [2.24, 2.45) is 22.9 Å². The maximum Gasteiger partial charge on any atom is 0.277 e. The highest BCUT2D eigenvalue weighted by Crippen LogP contribution is 2.57. The van der Waals surface area contributed by atoms with Crippen LogP contribution in [0.2, 0.25) is 0 Å². The molecule has 2 bridgehead atoms. The van der Waals surface area contributed by atoms with E-state index < -0.39 is 33.4 Å². The highest BCUT2D eigenvalue weighted by Gasteiger charge is 2.67. The van der Waals surface area contributed by atoms with Crippen LogP contribution >= 0.6 is 0 Å². The van der Waals surface area contributed by atoms with Gasteiger partial charge >= 0.3 is 0 Å². The van der Waals surface area contributed by atoms with E-state index in [0.717, 1.165) is 18.2 Å². The molecular weight excluding hydrogens is 436 g/mol. The molecule has 2 aromatic carbocycles. The fourth-order valence-corrected chi connectivity index (χ4v) is 4.49. The van der Waals surface area contributed by atoms with E-state index in [-0.39, 0.29) is 35.2 Å². The average molecular weight is 452 g/mol. The molecule has 33 heavy (non-hydrogen) atoms. The van der Waals surface area contributed by atoms with Crippen LogP contribution in [0.15, 0.2) is 53.6 Å². The Morgan fingerprint density at radius 2 is 1.67 bits per heavy atom. The number of carbonyl (C=O) groups is 2. The fraction of sp³-hybridized carbons (Fsp3) is 0.286. The van der Waals surface area contributed by atoms with Gasteiger partial charge in [-0.2, -0.15) is 5.10 Å². The van der Waals surface area contributed by atoms with E-state index in [1.807, 2.05) is 6.07 Å². The van der Waals surface area contributed by atoms with Crippen LogP contribution in [0.3, 0.4) is 0 Å². The number of Topliss-reactive ketones (excluding diaryl/α,β-unsaturated/α-hetero) is 1. The molecule has 2 aromatic rings. The van der Waals surface area contributed by atoms with Crippen LogP contribution in [0.4, 0.5) is 11.4 Å². The Bertz CT molecular complexity index is 1180. The van der Waals surface area contributed by atoms with Crippen LogP contribution in [0.1, 0.15) is 20.7 Å². The van der Waals surface area contributed by atoms with Gasteiger partial charge in [-0.05, 0) is 0 Å². The third-order valence-electron chi connectivity index (χ3n) is 6.03. The van der Waals surface area contributed by atoms with Crippen molar-refractivity contribution in [2.45, 2.75) is 12.4 Å². The molecule has 5 rings (SSSR count). The Balaban J connectivity index is 1.39. The van der Waals surface area contributed by atoms with Gasteiger partial charge in [-0.15, -0.1) is 0 Å². The Hall–Kier alpha value is -4.03. The van der Waals surface area contributed by atoms with Crippen LogP contribution in [-0.2, 0) is 9.47 Å². The second kappa shape index (κ2) is 7.83. The zero-order valence-electron chi connectivity index (χ0n) is 16.8. The number of nitrogens with one attached hydrogen (secondary N) is 1. The topological polar surface area (TPSA) is 163 Å². The number of ether oxygens (including phenoxy) is 2. The number of amides is 1. The van der Waals surface area contributed by atoms with Gasteiger partial charge in [0.05, 0.1) is 39.9 Å². The number of rotatable bonds is 6. The molecule has 2 aliphatic heterocycles. The van der Waals surface area contributed by atoms with Gasteiger partial charge in [-0.3, -0.25) is 29.8 Å². The Kier molecular flexibility index (Phi) is 4.95. The van der Waals surface area contributed by atoms with Crippen molar-refractivity contribution in [1.82, 2.24) is 5.43 Å². The first-order chi connectivity index (χ1) is 15.8. The number of fused-ring (bicyclic) bond motifs is 4. The molecule has 1 aliphatic carbocycles. The molecule has 5 atom stereocenters. The molecule has 1 amide bonds. The van der Waals surface area contributed by atoms with E-state index >= 15 is 0 Å². The summed E-state index contributed by atoms with van der Waals surface area (Å²) in [6.45, 7) is 0.300. The molecule has 2 heterocycles. The lowest BCUT2D eigenvalue weighted by atomic mass is 10.0. The molecule has 0 spiro atoms. The third kappa shape index (κ3) is 3.64. The Morgan fingerprint density at radius 1 is 1.00 bits per heavy atom. The maximum atomic E-state index is 13.0. The number of benzene rings is 2. The molecule has 168 valence electrons. The van der Waals surface area contributed by atoms with Gasteiger partial charge in [-0.25, -0.2) is 5.43 Å². The maximum absolute atomic E-state index is 13.0. The third-order valence-corrected chi connectivity index (χ3v) is 6.03. The zero-order chi connectivity index (χ0) is 23.3. The van der Waals surface area contributed by atoms with E-state index in [9.17, 15) is 29.8 Å². The summed E-state index contributed by atoms with van der Waals surface area (Å²) in [5, 5.41) is 26.2. The zero-order valence-corrected chi connectivity index (χ0v) is 16.8. The van der Waals surface area contributed by atoms with E-state index in [4.69, 9.17) is 9.47 Å². The predicted octanol–water partition coefficient (Wildman–Crippen LogP) is 2.09. The highest BCUT2D eigenvalue weighted by molar-refractivity contribution is 6.07. The van der Waals surface area contributed by atoms with E-state index in [1.54, 1.807) is 24.3 Å². The summed E-state index contributed by atoms with van der Waals surface area (Å²) >= 11 is 0. The molecule has 1 N–H and O–H groups in total. The second-order valence-corrected chi connectivity index (χ2v) is 7.93. The minimum atomic E-state index is -0.877. The van der Waals surface area contributed by atoms with Crippen molar-refractivity contribution in [1.29, 1.82) is 0 Å². The van der Waals surface area contributed by atoms with Gasteiger partial charge in [0.2, 0.25) is 0 Å². The molecule has 3 aliphatic rings. The molecule has 0 aromatic heterocycles. The van der Waals surface area contributed by atoms with Gasteiger partial charge in [0.25, 0.3) is 17.3 Å². The largest absolute Gasteiger partial charge is 0.344 e. The van der Waals surface area contributed by atoms with Crippen molar-refractivity contribution in [2.75, 3.05) is 6.61 Å². The highest BCUT2D eigenvalue weighted by atomic mass is 16.7. The summed E-state index contributed by atoms with van der Waals surface area (Å²) in [7, 11) is 0. The fourth-order valence-electron chi connectivity index (χ4n) is 4.49. The minimum Gasteiger partial charge on any atom is -0.344 e. The van der Waals surface area contributed by atoms with Gasteiger partial charge in [0, 0.05) is 35.4 Å². The van der Waals surface area contributed by atoms with Crippen LogP contribution < -0.4 is 5.43 Å². The number of hydrazone groups is 1. The number of hydrogen-bond donors (Lipinski definition) is 1. The van der Waals surface area contributed by atoms with Crippen molar-refractivity contribution >= 4 is 28.8 Å². The summed E-state index contributed by atoms with van der Waals surface area (Å²) in [5.74, 6) is -1.69. The molecule has 12 nitrogen and oxygen atoms in total. The number of nitro benzene ring substituents is 2. The first-order valence-electron chi connectivity index (χ1n) is 10.0. The monoisotopic (exact) mass is 452 g/mol. The van der Waals surface area contributed by atoms with Crippen LogP contribution in [0, 0.1) is 38.0 Å². The lowest BCUT2D eigenvalue weighted by Crippen LogP contribution is -2.33.